The van der Waals surface area contributed by atoms with Crippen LogP contribution in [-0.2, 0) is 11.2 Å². The molecule has 0 aliphatic carbocycles. The van der Waals surface area contributed by atoms with Crippen LogP contribution < -0.4 is 10.6 Å². The van der Waals surface area contributed by atoms with E-state index in [2.05, 4.69) is 20.0 Å². The molecule has 0 bridgehead atoms. The molecule has 144 valence electrons. The van der Waals surface area contributed by atoms with Gasteiger partial charge in [-0.05, 0) is 42.7 Å². The number of benzene rings is 1. The number of pyridine rings is 1. The monoisotopic (exact) mass is 381 g/mol. The molecule has 1 amide bonds. The summed E-state index contributed by atoms with van der Waals surface area (Å²) in [7, 11) is 0. The molecule has 3 heterocycles. The van der Waals surface area contributed by atoms with Crippen molar-refractivity contribution in [1.82, 2.24) is 15.1 Å². The van der Waals surface area contributed by atoms with Gasteiger partial charge in [0.2, 0.25) is 5.91 Å². The second-order valence-corrected chi connectivity index (χ2v) is 6.91. The van der Waals surface area contributed by atoms with E-state index in [1.807, 2.05) is 12.1 Å². The molecule has 4 rings (SSSR count). The molecule has 0 saturated carbocycles. The lowest BCUT2D eigenvalue weighted by Crippen LogP contribution is -2.41. The summed E-state index contributed by atoms with van der Waals surface area (Å²) < 4.78 is 18.3. The van der Waals surface area contributed by atoms with Crippen LogP contribution in [0.3, 0.4) is 0 Å². The van der Waals surface area contributed by atoms with Crippen molar-refractivity contribution >= 4 is 11.7 Å². The molecule has 1 atom stereocenters. The summed E-state index contributed by atoms with van der Waals surface area (Å²) in [4.78, 5) is 22.4. The lowest BCUT2D eigenvalue weighted by molar-refractivity contribution is -0.122. The van der Waals surface area contributed by atoms with Gasteiger partial charge in [0.25, 0.3) is 5.89 Å². The summed E-state index contributed by atoms with van der Waals surface area (Å²) >= 11 is 0. The molecule has 2 aromatic heterocycles. The van der Waals surface area contributed by atoms with Crippen LogP contribution in [0.2, 0.25) is 0 Å². The number of piperidine rings is 1. The molecule has 1 aliphatic rings. The Morgan fingerprint density at radius 2 is 2.07 bits per heavy atom. The molecule has 3 aromatic rings. The van der Waals surface area contributed by atoms with Crippen molar-refractivity contribution in [3.8, 4) is 11.5 Å². The van der Waals surface area contributed by atoms with Crippen LogP contribution in [0.25, 0.3) is 11.5 Å². The minimum Gasteiger partial charge on any atom is -0.369 e. The molecule has 2 N–H and O–H groups in total. The molecule has 1 saturated heterocycles. The number of hydrogen-bond donors (Lipinski definition) is 1. The quantitative estimate of drug-likeness (QED) is 0.729. The fourth-order valence-electron chi connectivity index (χ4n) is 3.34. The molecule has 0 unspecified atom stereocenters. The highest BCUT2D eigenvalue weighted by molar-refractivity contribution is 5.77. The lowest BCUT2D eigenvalue weighted by Gasteiger charge is -2.32. The molecule has 28 heavy (non-hydrogen) atoms. The number of halogens is 1. The van der Waals surface area contributed by atoms with Gasteiger partial charge in [-0.1, -0.05) is 17.3 Å². The zero-order valence-electron chi connectivity index (χ0n) is 15.2. The summed E-state index contributed by atoms with van der Waals surface area (Å²) in [6.07, 6.45) is 3.87. The SMILES string of the molecule is NC(=O)[C@H]1CCCN(c2ccc(-c3nc(Cc4ccc(F)cc4)no3)cn2)C1. The van der Waals surface area contributed by atoms with Crippen molar-refractivity contribution in [2.24, 2.45) is 11.7 Å². The first-order chi connectivity index (χ1) is 13.6. The number of aromatic nitrogens is 3. The predicted octanol–water partition coefficient (Wildman–Crippen LogP) is 2.56. The Kier molecular flexibility index (Phi) is 5.01. The fraction of sp³-hybridized carbons (Fsp3) is 0.300. The minimum atomic E-state index is -0.278. The first-order valence-corrected chi connectivity index (χ1v) is 9.16. The summed E-state index contributed by atoms with van der Waals surface area (Å²) in [5, 5.41) is 3.98. The highest BCUT2D eigenvalue weighted by atomic mass is 19.1. The lowest BCUT2D eigenvalue weighted by atomic mass is 9.97. The first-order valence-electron chi connectivity index (χ1n) is 9.16. The van der Waals surface area contributed by atoms with Crippen LogP contribution in [0.5, 0.6) is 0 Å². The van der Waals surface area contributed by atoms with E-state index in [0.29, 0.717) is 30.2 Å². The number of carbonyl (C=O) groups is 1. The van der Waals surface area contributed by atoms with Crippen molar-refractivity contribution in [1.29, 1.82) is 0 Å². The number of anilines is 1. The number of hydrogen-bond acceptors (Lipinski definition) is 6. The van der Waals surface area contributed by atoms with E-state index in [9.17, 15) is 9.18 Å². The van der Waals surface area contributed by atoms with Gasteiger partial charge < -0.3 is 15.2 Å². The largest absolute Gasteiger partial charge is 0.369 e. The zero-order valence-corrected chi connectivity index (χ0v) is 15.2. The van der Waals surface area contributed by atoms with E-state index in [4.69, 9.17) is 10.3 Å². The van der Waals surface area contributed by atoms with Gasteiger partial charge in [-0.3, -0.25) is 4.79 Å². The average Bonchev–Trinajstić information content (AvgIpc) is 3.18. The zero-order chi connectivity index (χ0) is 19.5. The van der Waals surface area contributed by atoms with Gasteiger partial charge in [0.15, 0.2) is 5.82 Å². The van der Waals surface area contributed by atoms with Crippen LogP contribution in [-0.4, -0.2) is 34.1 Å². The van der Waals surface area contributed by atoms with Gasteiger partial charge in [0.1, 0.15) is 11.6 Å². The van der Waals surface area contributed by atoms with Crippen molar-refractivity contribution < 1.29 is 13.7 Å². The maximum absolute atomic E-state index is 13.0. The van der Waals surface area contributed by atoms with E-state index in [1.54, 1.807) is 18.3 Å². The Hall–Kier alpha value is -3.29. The Balaban J connectivity index is 1.45. The van der Waals surface area contributed by atoms with Crippen LogP contribution in [0.15, 0.2) is 47.1 Å². The molecular weight excluding hydrogens is 361 g/mol. The molecule has 0 radical (unpaired) electrons. The van der Waals surface area contributed by atoms with E-state index in [1.165, 1.54) is 12.1 Å². The summed E-state index contributed by atoms with van der Waals surface area (Å²) in [6, 6.07) is 9.94. The molecule has 0 spiro atoms. The van der Waals surface area contributed by atoms with E-state index in [-0.39, 0.29) is 17.6 Å². The van der Waals surface area contributed by atoms with Crippen molar-refractivity contribution in [2.45, 2.75) is 19.3 Å². The Morgan fingerprint density at radius 1 is 1.25 bits per heavy atom. The highest BCUT2D eigenvalue weighted by Crippen LogP contribution is 2.24. The normalized spacial score (nSPS) is 16.9. The fourth-order valence-corrected chi connectivity index (χ4v) is 3.34. The van der Waals surface area contributed by atoms with Gasteiger partial charge in [-0.25, -0.2) is 9.37 Å². The van der Waals surface area contributed by atoms with E-state index in [0.717, 1.165) is 30.8 Å². The summed E-state index contributed by atoms with van der Waals surface area (Å²) in [5.41, 5.74) is 7.05. The Bertz CT molecular complexity index is 955. The smallest absolute Gasteiger partial charge is 0.259 e. The van der Waals surface area contributed by atoms with Gasteiger partial charge in [-0.2, -0.15) is 4.98 Å². The number of nitrogens with two attached hydrogens (primary N) is 1. The molecule has 1 fully saturated rings. The minimum absolute atomic E-state index is 0.139. The van der Waals surface area contributed by atoms with Gasteiger partial charge >= 0.3 is 0 Å². The average molecular weight is 381 g/mol. The molecular formula is C20H20FN5O2. The van der Waals surface area contributed by atoms with Crippen LogP contribution in [0.4, 0.5) is 10.2 Å². The van der Waals surface area contributed by atoms with Gasteiger partial charge in [0, 0.05) is 25.7 Å². The van der Waals surface area contributed by atoms with E-state index < -0.39 is 0 Å². The molecule has 7 nitrogen and oxygen atoms in total. The van der Waals surface area contributed by atoms with Gasteiger partial charge in [-0.15, -0.1) is 0 Å². The van der Waals surface area contributed by atoms with Crippen LogP contribution in [0, 0.1) is 11.7 Å². The van der Waals surface area contributed by atoms with Crippen LogP contribution in [0.1, 0.15) is 24.2 Å². The second kappa shape index (κ2) is 7.75. The number of nitrogens with zero attached hydrogens (tertiary/aromatic N) is 4. The first kappa shape index (κ1) is 18.1. The second-order valence-electron chi connectivity index (χ2n) is 6.91. The number of amides is 1. The highest BCUT2D eigenvalue weighted by Gasteiger charge is 2.24. The van der Waals surface area contributed by atoms with E-state index >= 15 is 0 Å². The third kappa shape index (κ3) is 4.00. The third-order valence-corrected chi connectivity index (χ3v) is 4.89. The van der Waals surface area contributed by atoms with Crippen molar-refractivity contribution in [3.05, 3.63) is 59.8 Å². The Morgan fingerprint density at radius 3 is 2.79 bits per heavy atom. The van der Waals surface area contributed by atoms with Gasteiger partial charge in [0.05, 0.1) is 11.5 Å². The molecule has 1 aromatic carbocycles. The molecule has 1 aliphatic heterocycles. The van der Waals surface area contributed by atoms with Crippen LogP contribution >= 0.6 is 0 Å². The van der Waals surface area contributed by atoms with Crippen molar-refractivity contribution in [3.63, 3.8) is 0 Å². The number of carbonyl (C=O) groups excluding carboxylic acids is 1. The summed E-state index contributed by atoms with van der Waals surface area (Å²) in [6.45, 7) is 1.43. The number of primary amides is 1. The standard InChI is InChI=1S/C20H20FN5O2/c21-16-6-3-13(4-7-16)10-17-24-20(28-25-17)14-5-8-18(23-11-14)26-9-1-2-15(12-26)19(22)27/h3-8,11,15H,1-2,9-10,12H2,(H2,22,27)/t15-/m0/s1. The third-order valence-electron chi connectivity index (χ3n) is 4.89. The topological polar surface area (TPSA) is 98.1 Å². The Labute approximate surface area is 161 Å². The maximum Gasteiger partial charge on any atom is 0.259 e. The summed E-state index contributed by atoms with van der Waals surface area (Å²) in [5.74, 6) is 1.01. The number of rotatable bonds is 5. The molecule has 8 heteroatoms. The maximum atomic E-state index is 13.0. The van der Waals surface area contributed by atoms with Crippen molar-refractivity contribution in [2.75, 3.05) is 18.0 Å². The predicted molar refractivity (Wildman–Crippen MR) is 101 cm³/mol.